The van der Waals surface area contributed by atoms with Crippen LogP contribution in [0.1, 0.15) is 11.5 Å². The second kappa shape index (κ2) is 8.06. The molecule has 1 fully saturated rings. The lowest BCUT2D eigenvalue weighted by Crippen LogP contribution is -2.50. The van der Waals surface area contributed by atoms with Crippen molar-refractivity contribution in [3.8, 4) is 0 Å². The molecule has 1 saturated heterocycles. The Morgan fingerprint density at radius 3 is 2.44 bits per heavy atom. The first-order valence-electron chi connectivity index (χ1n) is 8.26. The Kier molecular flexibility index (Phi) is 5.95. The molecule has 0 aliphatic carbocycles. The number of nitrogens with zero attached hydrogens (tertiary/aromatic N) is 2. The summed E-state index contributed by atoms with van der Waals surface area (Å²) in [6.45, 7) is 2.77. The number of piperazine rings is 1. The second-order valence-corrected chi connectivity index (χ2v) is 8.84. The van der Waals surface area contributed by atoms with Gasteiger partial charge in [-0.05, 0) is 43.3 Å². The summed E-state index contributed by atoms with van der Waals surface area (Å²) in [6, 6.07) is 7.92. The summed E-state index contributed by atoms with van der Waals surface area (Å²) in [4.78, 5) is 13.9. The standard InChI is InChI=1S/C18H18Cl2N2O4S/c1-13-2-4-15(26-13)5-7-18(23)21-8-10-22(11-9-21)27(24,25)17-12-14(19)3-6-16(17)20/h2-7,12H,8-11H2,1H3. The van der Waals surface area contributed by atoms with Gasteiger partial charge in [-0.1, -0.05) is 23.2 Å². The molecule has 9 heteroatoms. The number of hydrogen-bond donors (Lipinski definition) is 0. The summed E-state index contributed by atoms with van der Waals surface area (Å²) in [5.74, 6) is 1.17. The van der Waals surface area contributed by atoms with Crippen LogP contribution in [0, 0.1) is 6.92 Å². The van der Waals surface area contributed by atoms with Gasteiger partial charge in [0.25, 0.3) is 0 Å². The SMILES string of the molecule is Cc1ccc(C=CC(=O)N2CCN(S(=O)(=O)c3cc(Cl)ccc3Cl)CC2)o1. The number of sulfonamides is 1. The minimum absolute atomic E-state index is 0.0236. The zero-order chi connectivity index (χ0) is 19.6. The highest BCUT2D eigenvalue weighted by atomic mass is 35.5. The quantitative estimate of drug-likeness (QED) is 0.699. The number of carbonyl (C=O) groups is 1. The molecule has 0 atom stereocenters. The van der Waals surface area contributed by atoms with Gasteiger partial charge in [0, 0.05) is 37.3 Å². The Morgan fingerprint density at radius 1 is 1.11 bits per heavy atom. The van der Waals surface area contributed by atoms with Crippen LogP contribution in [0.2, 0.25) is 10.0 Å². The fraction of sp³-hybridized carbons (Fsp3) is 0.278. The molecule has 0 bridgehead atoms. The highest BCUT2D eigenvalue weighted by Crippen LogP contribution is 2.28. The second-order valence-electron chi connectivity index (χ2n) is 6.09. The molecule has 2 aromatic rings. The van der Waals surface area contributed by atoms with E-state index in [4.69, 9.17) is 27.6 Å². The predicted octanol–water partition coefficient (Wildman–Crippen LogP) is 3.44. The minimum Gasteiger partial charge on any atom is -0.462 e. The number of benzene rings is 1. The van der Waals surface area contributed by atoms with Gasteiger partial charge < -0.3 is 9.32 Å². The number of hydrogen-bond acceptors (Lipinski definition) is 4. The van der Waals surface area contributed by atoms with Crippen molar-refractivity contribution in [3.05, 3.63) is 58.0 Å². The zero-order valence-corrected chi connectivity index (χ0v) is 16.9. The first kappa shape index (κ1) is 19.9. The van der Waals surface area contributed by atoms with Gasteiger partial charge in [-0.2, -0.15) is 4.31 Å². The van der Waals surface area contributed by atoms with E-state index in [0.29, 0.717) is 10.8 Å². The van der Waals surface area contributed by atoms with Crippen molar-refractivity contribution >= 4 is 45.2 Å². The maximum absolute atomic E-state index is 12.8. The van der Waals surface area contributed by atoms with Crippen molar-refractivity contribution < 1.29 is 17.6 Å². The van der Waals surface area contributed by atoms with Gasteiger partial charge in [-0.15, -0.1) is 0 Å². The molecule has 144 valence electrons. The molecule has 1 aliphatic heterocycles. The van der Waals surface area contributed by atoms with Gasteiger partial charge in [0.2, 0.25) is 15.9 Å². The molecule has 0 N–H and O–H groups in total. The third-order valence-electron chi connectivity index (χ3n) is 4.21. The Bertz CT molecular complexity index is 977. The lowest BCUT2D eigenvalue weighted by Gasteiger charge is -2.33. The molecular weight excluding hydrogens is 411 g/mol. The van der Waals surface area contributed by atoms with Crippen molar-refractivity contribution in [1.82, 2.24) is 9.21 Å². The van der Waals surface area contributed by atoms with Crippen LogP contribution >= 0.6 is 23.2 Å². The molecule has 1 aromatic carbocycles. The van der Waals surface area contributed by atoms with Crippen LogP contribution in [0.15, 0.2) is 45.7 Å². The molecule has 0 spiro atoms. The number of halogens is 2. The van der Waals surface area contributed by atoms with Crippen LogP contribution in [0.4, 0.5) is 0 Å². The highest BCUT2D eigenvalue weighted by Gasteiger charge is 2.31. The minimum atomic E-state index is -3.77. The number of amides is 1. The van der Waals surface area contributed by atoms with Crippen LogP contribution in [-0.2, 0) is 14.8 Å². The molecule has 0 radical (unpaired) electrons. The Morgan fingerprint density at radius 2 is 1.81 bits per heavy atom. The molecule has 3 rings (SSSR count). The topological polar surface area (TPSA) is 70.8 Å². The van der Waals surface area contributed by atoms with Gasteiger partial charge in [0.15, 0.2) is 0 Å². The fourth-order valence-electron chi connectivity index (χ4n) is 2.76. The Hall–Kier alpha value is -1.80. The van der Waals surface area contributed by atoms with E-state index in [1.165, 1.54) is 28.6 Å². The Balaban J connectivity index is 1.65. The fourth-order valence-corrected chi connectivity index (χ4v) is 4.92. The molecular formula is C18H18Cl2N2O4S. The molecule has 0 saturated carbocycles. The maximum atomic E-state index is 12.8. The number of furan rings is 1. The average molecular weight is 429 g/mol. The molecule has 6 nitrogen and oxygen atoms in total. The lowest BCUT2D eigenvalue weighted by molar-refractivity contribution is -0.127. The van der Waals surface area contributed by atoms with Crippen molar-refractivity contribution in [2.24, 2.45) is 0 Å². The van der Waals surface area contributed by atoms with E-state index >= 15 is 0 Å². The van der Waals surface area contributed by atoms with Gasteiger partial charge in [0.05, 0.1) is 5.02 Å². The predicted molar refractivity (Wildman–Crippen MR) is 104 cm³/mol. The maximum Gasteiger partial charge on any atom is 0.246 e. The smallest absolute Gasteiger partial charge is 0.246 e. The van der Waals surface area contributed by atoms with E-state index in [1.54, 1.807) is 17.0 Å². The molecule has 27 heavy (non-hydrogen) atoms. The van der Waals surface area contributed by atoms with Crippen LogP contribution in [0.25, 0.3) is 6.08 Å². The van der Waals surface area contributed by atoms with Crippen molar-refractivity contribution in [2.45, 2.75) is 11.8 Å². The van der Waals surface area contributed by atoms with E-state index in [9.17, 15) is 13.2 Å². The van der Waals surface area contributed by atoms with E-state index < -0.39 is 10.0 Å². The van der Waals surface area contributed by atoms with Gasteiger partial charge in [-0.25, -0.2) is 8.42 Å². The molecule has 2 heterocycles. The summed E-state index contributed by atoms with van der Waals surface area (Å²) >= 11 is 11.9. The van der Waals surface area contributed by atoms with E-state index in [-0.39, 0.29) is 42.0 Å². The first-order chi connectivity index (χ1) is 12.8. The summed E-state index contributed by atoms with van der Waals surface area (Å²) in [6.07, 6.45) is 3.03. The molecule has 0 unspecified atom stereocenters. The van der Waals surface area contributed by atoms with Gasteiger partial charge in [0.1, 0.15) is 16.4 Å². The van der Waals surface area contributed by atoms with E-state index in [1.807, 2.05) is 13.0 Å². The van der Waals surface area contributed by atoms with Gasteiger partial charge in [-0.3, -0.25) is 4.79 Å². The summed E-state index contributed by atoms with van der Waals surface area (Å²) < 4.78 is 32.3. The van der Waals surface area contributed by atoms with Crippen LogP contribution in [0.3, 0.4) is 0 Å². The first-order valence-corrected chi connectivity index (χ1v) is 10.5. The van der Waals surface area contributed by atoms with Crippen LogP contribution in [-0.4, -0.2) is 49.7 Å². The number of rotatable bonds is 4. The van der Waals surface area contributed by atoms with Gasteiger partial charge >= 0.3 is 0 Å². The van der Waals surface area contributed by atoms with Crippen molar-refractivity contribution in [3.63, 3.8) is 0 Å². The third-order valence-corrected chi connectivity index (χ3v) is 6.83. The summed E-state index contributed by atoms with van der Waals surface area (Å²) in [5.41, 5.74) is 0. The Labute approximate surface area is 168 Å². The molecule has 1 amide bonds. The molecule has 1 aliphatic rings. The average Bonchev–Trinajstić information content (AvgIpc) is 3.07. The highest BCUT2D eigenvalue weighted by molar-refractivity contribution is 7.89. The monoisotopic (exact) mass is 428 g/mol. The summed E-state index contributed by atoms with van der Waals surface area (Å²) in [5, 5.41) is 0.416. The molecule has 1 aromatic heterocycles. The van der Waals surface area contributed by atoms with Crippen molar-refractivity contribution in [2.75, 3.05) is 26.2 Å². The van der Waals surface area contributed by atoms with E-state index in [0.717, 1.165) is 5.76 Å². The number of aryl methyl sites for hydroxylation is 1. The van der Waals surface area contributed by atoms with Crippen molar-refractivity contribution in [1.29, 1.82) is 0 Å². The van der Waals surface area contributed by atoms with E-state index in [2.05, 4.69) is 0 Å². The number of carbonyl (C=O) groups excluding carboxylic acids is 1. The van der Waals surface area contributed by atoms with Crippen LogP contribution < -0.4 is 0 Å². The van der Waals surface area contributed by atoms with Crippen LogP contribution in [0.5, 0.6) is 0 Å². The third kappa shape index (κ3) is 4.55. The summed E-state index contributed by atoms with van der Waals surface area (Å²) in [7, 11) is -3.77. The normalized spacial score (nSPS) is 16.2. The lowest BCUT2D eigenvalue weighted by atomic mass is 10.3. The zero-order valence-electron chi connectivity index (χ0n) is 14.6. The largest absolute Gasteiger partial charge is 0.462 e.